The van der Waals surface area contributed by atoms with Crippen molar-refractivity contribution in [2.45, 2.75) is 75.3 Å². The van der Waals surface area contributed by atoms with Gasteiger partial charge in [-0.15, -0.1) is 0 Å². The van der Waals surface area contributed by atoms with E-state index in [-0.39, 0.29) is 21.9 Å². The summed E-state index contributed by atoms with van der Waals surface area (Å²) in [6.07, 6.45) is 4.74. The highest BCUT2D eigenvalue weighted by Gasteiger charge is 2.64. The zero-order chi connectivity index (χ0) is 44.2. The van der Waals surface area contributed by atoms with Gasteiger partial charge >= 0.3 is 0 Å². The maximum atomic E-state index is 2.64. The van der Waals surface area contributed by atoms with E-state index in [0.29, 0.717) is 0 Å². The van der Waals surface area contributed by atoms with Crippen molar-refractivity contribution in [3.05, 3.63) is 205 Å². The fourth-order valence-electron chi connectivity index (χ4n) is 13.7. The van der Waals surface area contributed by atoms with Crippen LogP contribution in [0.25, 0.3) is 76.8 Å². The third-order valence-corrected chi connectivity index (χ3v) is 18.0. The first-order valence-corrected chi connectivity index (χ1v) is 24.1. The molecule has 0 bridgehead atoms. The molecule has 14 rings (SSSR count). The molecule has 4 atom stereocenters. The van der Waals surface area contributed by atoms with Crippen molar-refractivity contribution >= 4 is 55.1 Å². The molecule has 2 fully saturated rings. The second-order valence-corrected chi connectivity index (χ2v) is 20.8. The number of hydrogen-bond donors (Lipinski definition) is 0. The molecule has 10 aromatic rings. The Morgan fingerprint density at radius 2 is 0.652 bits per heavy atom. The van der Waals surface area contributed by atoms with Crippen LogP contribution in [-0.4, -0.2) is 11.1 Å². The molecule has 2 heteroatoms. The lowest BCUT2D eigenvalue weighted by Crippen LogP contribution is -2.60. The minimum Gasteiger partial charge on any atom is -0.334 e. The van der Waals surface area contributed by atoms with Crippen LogP contribution in [0.2, 0.25) is 0 Å². The Bertz CT molecular complexity index is 3360. The lowest BCUT2D eigenvalue weighted by atomic mass is 9.55. The lowest BCUT2D eigenvalue weighted by molar-refractivity contribution is 0.133. The van der Waals surface area contributed by atoms with E-state index in [0.717, 1.165) is 0 Å². The van der Waals surface area contributed by atoms with Gasteiger partial charge in [0.05, 0.1) is 11.1 Å². The highest BCUT2D eigenvalue weighted by Crippen LogP contribution is 2.67. The van der Waals surface area contributed by atoms with E-state index in [2.05, 4.69) is 232 Å². The predicted octanol–water partition coefficient (Wildman–Crippen LogP) is 17.2. The Morgan fingerprint density at radius 3 is 0.985 bits per heavy atom. The highest BCUT2D eigenvalue weighted by atomic mass is 15.3. The van der Waals surface area contributed by atoms with E-state index in [1.54, 1.807) is 0 Å². The fraction of sp³-hybridized carbons (Fsp3) is 0.188. The maximum Gasteiger partial charge on any atom is 0.0518 e. The Labute approximate surface area is 388 Å². The SMILES string of the molecule is CC12CCC1(C)N(c1ccccc1)c1ccc(-c3cc(-c4ccccc4)c4ccc5c(-c6ccc7c(c6)C6(C)CCC6(C)N7c6ccccc6)cc(-c6ccccc6)c6ccc3c4c65)cc12. The number of rotatable bonds is 6. The van der Waals surface area contributed by atoms with E-state index in [1.807, 2.05) is 0 Å². The van der Waals surface area contributed by atoms with Gasteiger partial charge < -0.3 is 9.80 Å². The lowest BCUT2D eigenvalue weighted by Gasteiger charge is -2.56. The molecule has 2 heterocycles. The molecule has 2 nitrogen and oxygen atoms in total. The Balaban J connectivity index is 1.04. The first-order valence-electron chi connectivity index (χ1n) is 24.1. The molecule has 66 heavy (non-hydrogen) atoms. The van der Waals surface area contributed by atoms with Crippen LogP contribution in [0.4, 0.5) is 22.7 Å². The molecule has 0 aromatic heterocycles. The highest BCUT2D eigenvalue weighted by molar-refractivity contribution is 6.32. The van der Waals surface area contributed by atoms with Gasteiger partial charge in [0.1, 0.15) is 0 Å². The molecular formula is C64H52N2. The molecule has 0 saturated heterocycles. The average molecular weight is 849 g/mol. The number of nitrogens with zero attached hydrogens (tertiary/aromatic N) is 2. The topological polar surface area (TPSA) is 6.48 Å². The van der Waals surface area contributed by atoms with Gasteiger partial charge in [-0.3, -0.25) is 0 Å². The number of para-hydroxylation sites is 2. The van der Waals surface area contributed by atoms with Crippen LogP contribution in [0, 0.1) is 0 Å². The number of benzene rings is 10. The van der Waals surface area contributed by atoms with Crippen molar-refractivity contribution in [3.8, 4) is 44.5 Å². The molecule has 2 aliphatic heterocycles. The molecule has 0 N–H and O–H groups in total. The standard InChI is InChI=1S/C64H52N2/c1-61-33-35-63(61,3)65(45-21-13-7-14-22-45)57-31-25-43(37-55(57)61)53-39-51(41-17-9-5-10-18-41)47-28-30-50-54(40-52(42-19-11-6-12-20-42)48-27-29-49(53)59(47)60(48)50)44-26-32-58-56(38-44)62(2)34-36-64(62,4)66(58)46-23-15-8-16-24-46/h5-32,37-40H,33-36H2,1-4H3. The van der Waals surface area contributed by atoms with Crippen molar-refractivity contribution in [2.75, 3.05) is 9.80 Å². The summed E-state index contributed by atoms with van der Waals surface area (Å²) in [5.41, 5.74) is 18.6. The smallest absolute Gasteiger partial charge is 0.0518 e. The van der Waals surface area contributed by atoms with Gasteiger partial charge in [-0.05, 0) is 188 Å². The molecule has 0 spiro atoms. The van der Waals surface area contributed by atoms with E-state index >= 15 is 0 Å². The fourth-order valence-corrected chi connectivity index (χ4v) is 13.7. The summed E-state index contributed by atoms with van der Waals surface area (Å²) in [6.45, 7) is 10.00. The molecule has 318 valence electrons. The molecule has 0 amide bonds. The third kappa shape index (κ3) is 4.77. The quantitative estimate of drug-likeness (QED) is 0.154. The van der Waals surface area contributed by atoms with Crippen LogP contribution in [0.15, 0.2) is 194 Å². The maximum absolute atomic E-state index is 2.64. The Hall–Kier alpha value is -7.16. The second kappa shape index (κ2) is 13.2. The molecule has 2 saturated carbocycles. The Morgan fingerprint density at radius 1 is 0.318 bits per heavy atom. The first kappa shape index (κ1) is 38.1. The first-order chi connectivity index (χ1) is 32.2. The van der Waals surface area contributed by atoms with Gasteiger partial charge in [-0.2, -0.15) is 0 Å². The van der Waals surface area contributed by atoms with Crippen molar-refractivity contribution in [2.24, 2.45) is 0 Å². The summed E-state index contributed by atoms with van der Waals surface area (Å²) in [5.74, 6) is 0. The third-order valence-electron chi connectivity index (χ3n) is 18.0. The molecule has 10 aromatic carbocycles. The predicted molar refractivity (Wildman–Crippen MR) is 279 cm³/mol. The van der Waals surface area contributed by atoms with Gasteiger partial charge in [0.2, 0.25) is 0 Å². The zero-order valence-corrected chi connectivity index (χ0v) is 38.2. The zero-order valence-electron chi connectivity index (χ0n) is 38.2. The van der Waals surface area contributed by atoms with Crippen LogP contribution in [0.3, 0.4) is 0 Å². The van der Waals surface area contributed by atoms with Crippen LogP contribution in [0.5, 0.6) is 0 Å². The number of fused-ring (bicyclic) bond motifs is 6. The molecular weight excluding hydrogens is 797 g/mol. The van der Waals surface area contributed by atoms with Crippen LogP contribution >= 0.6 is 0 Å². The molecule has 0 radical (unpaired) electrons. The van der Waals surface area contributed by atoms with Crippen LogP contribution in [0.1, 0.15) is 64.5 Å². The second-order valence-electron chi connectivity index (χ2n) is 20.8. The summed E-state index contributed by atoms with van der Waals surface area (Å²) in [4.78, 5) is 5.29. The van der Waals surface area contributed by atoms with Crippen molar-refractivity contribution in [1.29, 1.82) is 0 Å². The number of anilines is 4. The van der Waals surface area contributed by atoms with E-state index in [4.69, 9.17) is 0 Å². The monoisotopic (exact) mass is 848 g/mol. The minimum absolute atomic E-state index is 0.0312. The average Bonchev–Trinajstić information content (AvgIpc) is 3.58. The Kier molecular flexibility index (Phi) is 7.65. The van der Waals surface area contributed by atoms with Gasteiger partial charge in [0.25, 0.3) is 0 Å². The number of hydrogen-bond acceptors (Lipinski definition) is 2. The van der Waals surface area contributed by atoms with Gasteiger partial charge in [0.15, 0.2) is 0 Å². The van der Waals surface area contributed by atoms with Crippen LogP contribution < -0.4 is 9.80 Å². The van der Waals surface area contributed by atoms with E-state index < -0.39 is 0 Å². The summed E-state index contributed by atoms with van der Waals surface area (Å²) in [7, 11) is 0. The van der Waals surface area contributed by atoms with Crippen molar-refractivity contribution in [3.63, 3.8) is 0 Å². The van der Waals surface area contributed by atoms with Gasteiger partial charge in [-0.25, -0.2) is 0 Å². The van der Waals surface area contributed by atoms with Crippen molar-refractivity contribution in [1.82, 2.24) is 0 Å². The van der Waals surface area contributed by atoms with Crippen molar-refractivity contribution < 1.29 is 0 Å². The largest absolute Gasteiger partial charge is 0.334 e. The minimum atomic E-state index is 0.0312. The van der Waals surface area contributed by atoms with Crippen LogP contribution in [-0.2, 0) is 10.8 Å². The van der Waals surface area contributed by atoms with Gasteiger partial charge in [-0.1, -0.05) is 147 Å². The van der Waals surface area contributed by atoms with Gasteiger partial charge in [0, 0.05) is 33.6 Å². The molecule has 4 aliphatic rings. The normalized spacial score (nSPS) is 23.7. The summed E-state index contributed by atoms with van der Waals surface area (Å²) in [6, 6.07) is 73.8. The summed E-state index contributed by atoms with van der Waals surface area (Å²) in [5, 5.41) is 7.92. The van der Waals surface area contributed by atoms with E-state index in [1.165, 1.54) is 136 Å². The summed E-state index contributed by atoms with van der Waals surface area (Å²) >= 11 is 0. The molecule has 4 unspecified atom stereocenters. The molecule has 2 aliphatic carbocycles. The summed E-state index contributed by atoms with van der Waals surface area (Å²) < 4.78 is 0. The van der Waals surface area contributed by atoms with E-state index in [9.17, 15) is 0 Å².